The Bertz CT molecular complexity index is 578. The minimum absolute atomic E-state index is 0.0457. The van der Waals surface area contributed by atoms with Gasteiger partial charge in [0, 0.05) is 16.6 Å². The third-order valence-electron chi connectivity index (χ3n) is 3.24. The van der Waals surface area contributed by atoms with Gasteiger partial charge in [-0.3, -0.25) is 4.79 Å². The van der Waals surface area contributed by atoms with Crippen LogP contribution in [-0.4, -0.2) is 11.2 Å². The van der Waals surface area contributed by atoms with Gasteiger partial charge in [-0.05, 0) is 42.2 Å². The van der Waals surface area contributed by atoms with Crippen LogP contribution in [0.15, 0.2) is 48.5 Å². The van der Waals surface area contributed by atoms with Gasteiger partial charge in [-0.15, -0.1) is 0 Å². The molecule has 2 aromatic rings. The zero-order valence-corrected chi connectivity index (χ0v) is 13.1. The fourth-order valence-corrected chi connectivity index (χ4v) is 2.57. The van der Waals surface area contributed by atoms with Crippen molar-refractivity contribution in [3.05, 3.63) is 65.2 Å². The molecule has 0 aromatic heterocycles. The third kappa shape index (κ3) is 3.70. The number of rotatable bonds is 5. The number of carbonyl (C=O) groups excluding carboxylic acids is 1. The molecule has 0 aliphatic carbocycles. The minimum Gasteiger partial charge on any atom is -0.322 e. The van der Waals surface area contributed by atoms with Crippen molar-refractivity contribution < 1.29 is 4.79 Å². The molecule has 0 saturated carbocycles. The first-order valence-electron chi connectivity index (χ1n) is 6.78. The molecular weight excluding hydrogens is 314 g/mol. The van der Waals surface area contributed by atoms with E-state index >= 15 is 0 Å². The number of alkyl halides is 1. The lowest BCUT2D eigenvalue weighted by Gasteiger charge is -2.09. The lowest BCUT2D eigenvalue weighted by molar-refractivity contribution is 0.102. The second kappa shape index (κ2) is 7.25. The highest BCUT2D eigenvalue weighted by Crippen LogP contribution is 2.15. The maximum absolute atomic E-state index is 12.3. The first-order valence-corrected chi connectivity index (χ1v) is 7.91. The predicted molar refractivity (Wildman–Crippen MR) is 87.7 cm³/mol. The lowest BCUT2D eigenvalue weighted by atomic mass is 10.0. The fourth-order valence-electron chi connectivity index (χ4n) is 2.11. The first-order chi connectivity index (χ1) is 9.74. The van der Waals surface area contributed by atoms with Crippen LogP contribution >= 0.6 is 15.9 Å². The van der Waals surface area contributed by atoms with E-state index in [0.717, 1.165) is 35.0 Å². The molecular formula is C17H18BrNO. The molecule has 1 amide bonds. The maximum Gasteiger partial charge on any atom is 0.255 e. The van der Waals surface area contributed by atoms with Gasteiger partial charge < -0.3 is 5.32 Å². The van der Waals surface area contributed by atoms with Crippen molar-refractivity contribution in [3.8, 4) is 0 Å². The van der Waals surface area contributed by atoms with Gasteiger partial charge in [0.25, 0.3) is 5.91 Å². The second-order valence-electron chi connectivity index (χ2n) is 4.60. The standard InChI is InChI=1S/C17H18BrNO/c1-2-14-5-3-4-6-16(14)17(20)19-15-9-7-13(8-10-15)11-12-18/h3-10H,2,11-12H2,1H3,(H,19,20). The van der Waals surface area contributed by atoms with E-state index in [9.17, 15) is 4.79 Å². The first kappa shape index (κ1) is 14.8. The monoisotopic (exact) mass is 331 g/mol. The summed E-state index contributed by atoms with van der Waals surface area (Å²) in [4.78, 5) is 12.3. The van der Waals surface area contributed by atoms with Gasteiger partial charge in [0.2, 0.25) is 0 Å². The van der Waals surface area contributed by atoms with E-state index < -0.39 is 0 Å². The number of hydrogen-bond donors (Lipinski definition) is 1. The number of nitrogens with one attached hydrogen (secondary N) is 1. The van der Waals surface area contributed by atoms with Crippen molar-refractivity contribution >= 4 is 27.5 Å². The highest BCUT2D eigenvalue weighted by Gasteiger charge is 2.09. The Morgan fingerprint density at radius 2 is 1.80 bits per heavy atom. The van der Waals surface area contributed by atoms with Crippen molar-refractivity contribution in [2.45, 2.75) is 19.8 Å². The van der Waals surface area contributed by atoms with E-state index in [4.69, 9.17) is 0 Å². The van der Waals surface area contributed by atoms with Crippen molar-refractivity contribution in [1.29, 1.82) is 0 Å². The quantitative estimate of drug-likeness (QED) is 0.806. The van der Waals surface area contributed by atoms with Gasteiger partial charge in [0.15, 0.2) is 0 Å². The van der Waals surface area contributed by atoms with Crippen molar-refractivity contribution in [3.63, 3.8) is 0 Å². The summed E-state index contributed by atoms with van der Waals surface area (Å²) >= 11 is 3.42. The minimum atomic E-state index is -0.0457. The molecule has 0 spiro atoms. The molecule has 2 aromatic carbocycles. The van der Waals surface area contributed by atoms with Crippen LogP contribution in [0.25, 0.3) is 0 Å². The molecule has 1 N–H and O–H groups in total. The summed E-state index contributed by atoms with van der Waals surface area (Å²) in [7, 11) is 0. The number of carbonyl (C=O) groups is 1. The molecule has 0 radical (unpaired) electrons. The molecule has 20 heavy (non-hydrogen) atoms. The van der Waals surface area contributed by atoms with Gasteiger partial charge in [-0.2, -0.15) is 0 Å². The van der Waals surface area contributed by atoms with Crippen LogP contribution in [0, 0.1) is 0 Å². The van der Waals surface area contributed by atoms with Crippen LogP contribution in [0.3, 0.4) is 0 Å². The molecule has 0 saturated heterocycles. The molecule has 3 heteroatoms. The average Bonchev–Trinajstić information content (AvgIpc) is 2.49. The number of halogens is 1. The van der Waals surface area contributed by atoms with Crippen molar-refractivity contribution in [2.24, 2.45) is 0 Å². The van der Waals surface area contributed by atoms with E-state index in [0.29, 0.717) is 0 Å². The largest absolute Gasteiger partial charge is 0.322 e. The van der Waals surface area contributed by atoms with Gasteiger partial charge in [-0.25, -0.2) is 0 Å². The summed E-state index contributed by atoms with van der Waals surface area (Å²) in [5.74, 6) is -0.0457. The van der Waals surface area contributed by atoms with E-state index in [1.54, 1.807) is 0 Å². The Balaban J connectivity index is 2.11. The number of anilines is 1. The Hall–Kier alpha value is -1.61. The summed E-state index contributed by atoms with van der Waals surface area (Å²) in [6.07, 6.45) is 1.85. The second-order valence-corrected chi connectivity index (χ2v) is 5.39. The molecule has 0 unspecified atom stereocenters. The third-order valence-corrected chi connectivity index (χ3v) is 3.63. The highest BCUT2D eigenvalue weighted by molar-refractivity contribution is 9.09. The number of hydrogen-bond acceptors (Lipinski definition) is 1. The van der Waals surface area contributed by atoms with Crippen LogP contribution in [0.4, 0.5) is 5.69 Å². The highest BCUT2D eigenvalue weighted by atomic mass is 79.9. The summed E-state index contributed by atoms with van der Waals surface area (Å²) in [5.41, 5.74) is 3.91. The lowest BCUT2D eigenvalue weighted by Crippen LogP contribution is -2.14. The normalized spacial score (nSPS) is 10.3. The molecule has 2 nitrogen and oxygen atoms in total. The molecule has 2 rings (SSSR count). The van der Waals surface area contributed by atoms with Crippen LogP contribution in [0.2, 0.25) is 0 Å². The number of aryl methyl sites for hydroxylation is 2. The van der Waals surface area contributed by atoms with E-state index in [2.05, 4.69) is 28.2 Å². The van der Waals surface area contributed by atoms with Crippen molar-refractivity contribution in [2.75, 3.05) is 10.6 Å². The van der Waals surface area contributed by atoms with E-state index in [1.807, 2.05) is 48.5 Å². The molecule has 0 bridgehead atoms. The van der Waals surface area contributed by atoms with Crippen LogP contribution in [0.5, 0.6) is 0 Å². The number of amides is 1. The molecule has 0 fully saturated rings. The fraction of sp³-hybridized carbons (Fsp3) is 0.235. The summed E-state index contributed by atoms with van der Waals surface area (Å²) < 4.78 is 0. The van der Waals surface area contributed by atoms with Gasteiger partial charge >= 0.3 is 0 Å². The maximum atomic E-state index is 12.3. The van der Waals surface area contributed by atoms with Crippen LogP contribution in [0.1, 0.15) is 28.4 Å². The van der Waals surface area contributed by atoms with Crippen LogP contribution < -0.4 is 5.32 Å². The van der Waals surface area contributed by atoms with Gasteiger partial charge in [-0.1, -0.05) is 53.2 Å². The zero-order valence-electron chi connectivity index (χ0n) is 11.5. The van der Waals surface area contributed by atoms with Crippen molar-refractivity contribution in [1.82, 2.24) is 0 Å². The van der Waals surface area contributed by atoms with Gasteiger partial charge in [0.05, 0.1) is 0 Å². The van der Waals surface area contributed by atoms with E-state index in [1.165, 1.54) is 5.56 Å². The molecule has 0 atom stereocenters. The SMILES string of the molecule is CCc1ccccc1C(=O)Nc1ccc(CCBr)cc1. The average molecular weight is 332 g/mol. The summed E-state index contributed by atoms with van der Waals surface area (Å²) in [5, 5.41) is 3.90. The van der Waals surface area contributed by atoms with Crippen LogP contribution in [-0.2, 0) is 12.8 Å². The predicted octanol–water partition coefficient (Wildman–Crippen LogP) is 4.44. The Morgan fingerprint density at radius 3 is 2.45 bits per heavy atom. The number of benzene rings is 2. The molecule has 104 valence electrons. The Labute approximate surface area is 128 Å². The molecule has 0 aliphatic rings. The topological polar surface area (TPSA) is 29.1 Å². The summed E-state index contributed by atoms with van der Waals surface area (Å²) in [6.45, 7) is 2.06. The zero-order chi connectivity index (χ0) is 14.4. The summed E-state index contributed by atoms with van der Waals surface area (Å²) in [6, 6.07) is 15.7. The van der Waals surface area contributed by atoms with E-state index in [-0.39, 0.29) is 5.91 Å². The smallest absolute Gasteiger partial charge is 0.255 e. The Morgan fingerprint density at radius 1 is 1.10 bits per heavy atom. The molecule has 0 heterocycles. The Kier molecular flexibility index (Phi) is 5.36. The van der Waals surface area contributed by atoms with Gasteiger partial charge in [0.1, 0.15) is 0 Å². The molecule has 0 aliphatic heterocycles.